The van der Waals surface area contributed by atoms with Crippen LogP contribution < -0.4 is 4.74 Å². The average molecular weight is 399 g/mol. The number of nitrogens with one attached hydrogen (secondary N) is 1. The molecule has 2 aromatic heterocycles. The van der Waals surface area contributed by atoms with Crippen molar-refractivity contribution in [3.63, 3.8) is 0 Å². The van der Waals surface area contributed by atoms with Crippen LogP contribution in [0.5, 0.6) is 5.75 Å². The molecule has 8 nitrogen and oxygen atoms in total. The maximum absolute atomic E-state index is 13.1. The zero-order valence-electron chi connectivity index (χ0n) is 17.0. The fourth-order valence-electron chi connectivity index (χ4n) is 4.17. The van der Waals surface area contributed by atoms with Crippen molar-refractivity contribution in [3.8, 4) is 5.75 Å². The Morgan fingerprint density at radius 3 is 3.03 bits per heavy atom. The van der Waals surface area contributed by atoms with Crippen molar-refractivity contribution in [1.82, 2.24) is 25.0 Å². The van der Waals surface area contributed by atoms with E-state index in [1.165, 1.54) is 5.56 Å². The van der Waals surface area contributed by atoms with Crippen molar-refractivity contribution in [2.75, 3.05) is 46.0 Å². The number of carbonyl (C=O) groups excluding carboxylic acids is 1. The highest BCUT2D eigenvalue weighted by atomic mass is 16.5. The Morgan fingerprint density at radius 1 is 1.34 bits per heavy atom. The molecule has 1 atom stereocenters. The molecule has 2 aromatic rings. The molecule has 1 amide bonds. The maximum atomic E-state index is 13.1. The number of nitrogens with zero attached hydrogens (tertiary/aromatic N) is 4. The van der Waals surface area contributed by atoms with Gasteiger partial charge in [0.15, 0.2) is 11.4 Å². The van der Waals surface area contributed by atoms with Crippen LogP contribution in [0.25, 0.3) is 0 Å². The Morgan fingerprint density at radius 2 is 2.21 bits per heavy atom. The molecule has 2 aliphatic heterocycles. The van der Waals surface area contributed by atoms with Crippen LogP contribution in [0.15, 0.2) is 24.5 Å². The Bertz CT molecular complexity index is 818. The number of H-pyrrole nitrogens is 1. The summed E-state index contributed by atoms with van der Waals surface area (Å²) in [5.74, 6) is 0.746. The third-order valence-corrected chi connectivity index (χ3v) is 5.64. The molecule has 0 aromatic carbocycles. The van der Waals surface area contributed by atoms with Crippen molar-refractivity contribution in [1.29, 1.82) is 0 Å². The lowest BCUT2D eigenvalue weighted by Gasteiger charge is -2.33. The van der Waals surface area contributed by atoms with Gasteiger partial charge < -0.3 is 14.4 Å². The van der Waals surface area contributed by atoms with Gasteiger partial charge in [-0.15, -0.1) is 0 Å². The Kier molecular flexibility index (Phi) is 6.41. The number of piperidine rings is 1. The number of hydrogen-bond donors (Lipinski definition) is 1. The molecule has 29 heavy (non-hydrogen) atoms. The molecule has 0 spiro atoms. The van der Waals surface area contributed by atoms with Gasteiger partial charge in [0, 0.05) is 56.1 Å². The van der Waals surface area contributed by atoms with Crippen molar-refractivity contribution in [2.45, 2.75) is 32.2 Å². The Balaban J connectivity index is 1.46. The van der Waals surface area contributed by atoms with Crippen LogP contribution in [0.1, 0.15) is 47.4 Å². The molecule has 8 heteroatoms. The molecule has 0 radical (unpaired) electrons. The molecule has 2 aliphatic rings. The molecule has 0 bridgehead atoms. The van der Waals surface area contributed by atoms with E-state index >= 15 is 0 Å². The quantitative estimate of drug-likeness (QED) is 0.801. The number of pyridine rings is 1. The minimum Gasteiger partial charge on any atom is -0.491 e. The van der Waals surface area contributed by atoms with Gasteiger partial charge in [-0.25, -0.2) is 4.98 Å². The van der Waals surface area contributed by atoms with E-state index in [1.807, 2.05) is 18.0 Å². The van der Waals surface area contributed by atoms with E-state index in [2.05, 4.69) is 20.1 Å². The number of ether oxygens (including phenoxy) is 2. The molecular formula is C21H29N5O3. The third kappa shape index (κ3) is 4.59. The largest absolute Gasteiger partial charge is 0.491 e. The number of carbonyl (C=O) groups is 1. The van der Waals surface area contributed by atoms with Gasteiger partial charge >= 0.3 is 0 Å². The summed E-state index contributed by atoms with van der Waals surface area (Å²) < 4.78 is 11.1. The zero-order chi connectivity index (χ0) is 20.1. The van der Waals surface area contributed by atoms with Crippen molar-refractivity contribution in [3.05, 3.63) is 41.5 Å². The predicted molar refractivity (Wildman–Crippen MR) is 108 cm³/mol. The fourth-order valence-corrected chi connectivity index (χ4v) is 4.17. The molecule has 4 rings (SSSR count). The summed E-state index contributed by atoms with van der Waals surface area (Å²) >= 11 is 0. The van der Waals surface area contributed by atoms with Gasteiger partial charge in [0.25, 0.3) is 5.91 Å². The summed E-state index contributed by atoms with van der Waals surface area (Å²) in [5.41, 5.74) is 2.77. The fraction of sp³-hybridized carbons (Fsp3) is 0.571. The normalized spacial score (nSPS) is 20.6. The first-order chi connectivity index (χ1) is 14.3. The zero-order valence-corrected chi connectivity index (χ0v) is 17.0. The summed E-state index contributed by atoms with van der Waals surface area (Å²) in [4.78, 5) is 21.7. The van der Waals surface area contributed by atoms with E-state index in [1.54, 1.807) is 18.3 Å². The number of likely N-dealkylation sites (tertiary alicyclic amines) is 1. The standard InChI is InChI=1S/C21H29N5O3/c1-2-29-18-6-3-7-22-20(18)21(27)26-8-4-5-16(15-26)19-17(13-23-24-19)14-25-9-11-28-12-10-25/h3,6-7,13,16H,2,4-5,8-12,14-15H2,1H3,(H,23,24). The van der Waals surface area contributed by atoms with Crippen LogP contribution >= 0.6 is 0 Å². The summed E-state index contributed by atoms with van der Waals surface area (Å²) in [6.07, 6.45) is 5.58. The number of rotatable bonds is 6. The summed E-state index contributed by atoms with van der Waals surface area (Å²) in [6, 6.07) is 3.60. The Hall–Kier alpha value is -2.45. The average Bonchev–Trinajstić information content (AvgIpc) is 3.23. The molecule has 2 fully saturated rings. The molecule has 0 saturated carbocycles. The van der Waals surface area contributed by atoms with Crippen molar-refractivity contribution >= 4 is 5.91 Å². The minimum atomic E-state index is -0.0620. The summed E-state index contributed by atoms with van der Waals surface area (Å²) in [7, 11) is 0. The lowest BCUT2D eigenvalue weighted by atomic mass is 9.92. The van der Waals surface area contributed by atoms with E-state index in [0.29, 0.717) is 24.6 Å². The first-order valence-corrected chi connectivity index (χ1v) is 10.5. The lowest BCUT2D eigenvalue weighted by molar-refractivity contribution is 0.0339. The molecule has 4 heterocycles. The second-order valence-corrected chi connectivity index (χ2v) is 7.57. The minimum absolute atomic E-state index is 0.0620. The Labute approximate surface area is 171 Å². The predicted octanol–water partition coefficient (Wildman–Crippen LogP) is 2.06. The molecule has 156 valence electrons. The van der Waals surface area contributed by atoms with E-state index < -0.39 is 0 Å². The number of amides is 1. The topological polar surface area (TPSA) is 83.6 Å². The highest BCUT2D eigenvalue weighted by Crippen LogP contribution is 2.30. The van der Waals surface area contributed by atoms with Gasteiger partial charge in [-0.2, -0.15) is 5.10 Å². The van der Waals surface area contributed by atoms with Crippen LogP contribution in [0.4, 0.5) is 0 Å². The summed E-state index contributed by atoms with van der Waals surface area (Å²) in [5, 5.41) is 7.52. The van der Waals surface area contributed by atoms with Gasteiger partial charge in [-0.05, 0) is 31.9 Å². The number of aromatic amines is 1. The SMILES string of the molecule is CCOc1cccnc1C(=O)N1CCCC(c2[nH]ncc2CN2CCOCC2)C1. The number of morpholine rings is 1. The molecule has 2 saturated heterocycles. The molecule has 1 N–H and O–H groups in total. The second-order valence-electron chi connectivity index (χ2n) is 7.57. The van der Waals surface area contributed by atoms with Crippen LogP contribution in [-0.4, -0.2) is 76.9 Å². The van der Waals surface area contributed by atoms with E-state index in [0.717, 1.165) is 57.9 Å². The van der Waals surface area contributed by atoms with Gasteiger partial charge in [0.05, 0.1) is 26.0 Å². The van der Waals surface area contributed by atoms with E-state index in [4.69, 9.17) is 9.47 Å². The first-order valence-electron chi connectivity index (χ1n) is 10.5. The first kappa shape index (κ1) is 19.8. The van der Waals surface area contributed by atoms with E-state index in [-0.39, 0.29) is 11.8 Å². The summed E-state index contributed by atoms with van der Waals surface area (Å²) in [6.45, 7) is 8.15. The number of hydrogen-bond acceptors (Lipinski definition) is 6. The molecular weight excluding hydrogens is 370 g/mol. The van der Waals surface area contributed by atoms with Crippen LogP contribution in [-0.2, 0) is 11.3 Å². The van der Waals surface area contributed by atoms with Crippen LogP contribution in [0.2, 0.25) is 0 Å². The van der Waals surface area contributed by atoms with E-state index in [9.17, 15) is 4.79 Å². The maximum Gasteiger partial charge on any atom is 0.276 e. The second kappa shape index (κ2) is 9.37. The van der Waals surface area contributed by atoms with Gasteiger partial charge in [0.1, 0.15) is 0 Å². The molecule has 1 unspecified atom stereocenters. The van der Waals surface area contributed by atoms with Gasteiger partial charge in [0.2, 0.25) is 0 Å². The molecule has 0 aliphatic carbocycles. The van der Waals surface area contributed by atoms with Crippen LogP contribution in [0.3, 0.4) is 0 Å². The highest BCUT2D eigenvalue weighted by molar-refractivity contribution is 5.95. The van der Waals surface area contributed by atoms with Crippen LogP contribution in [0, 0.1) is 0 Å². The monoisotopic (exact) mass is 399 g/mol. The van der Waals surface area contributed by atoms with Gasteiger partial charge in [-0.3, -0.25) is 14.8 Å². The number of aromatic nitrogens is 3. The smallest absolute Gasteiger partial charge is 0.276 e. The third-order valence-electron chi connectivity index (χ3n) is 5.64. The lowest BCUT2D eigenvalue weighted by Crippen LogP contribution is -2.40. The van der Waals surface area contributed by atoms with Gasteiger partial charge in [-0.1, -0.05) is 0 Å². The van der Waals surface area contributed by atoms with Crippen molar-refractivity contribution < 1.29 is 14.3 Å². The van der Waals surface area contributed by atoms with Crippen molar-refractivity contribution in [2.24, 2.45) is 0 Å². The highest BCUT2D eigenvalue weighted by Gasteiger charge is 2.30.